The Balaban J connectivity index is 1.44. The van der Waals surface area contributed by atoms with Crippen molar-refractivity contribution in [2.45, 2.75) is 24.7 Å². The molecule has 1 amide bonds. The van der Waals surface area contributed by atoms with E-state index in [4.69, 9.17) is 4.74 Å². The van der Waals surface area contributed by atoms with Crippen LogP contribution in [0.2, 0.25) is 0 Å². The fourth-order valence-electron chi connectivity index (χ4n) is 2.82. The highest BCUT2D eigenvalue weighted by atomic mass is 32.2. The van der Waals surface area contributed by atoms with Gasteiger partial charge in [0.05, 0.1) is 5.69 Å². The number of rotatable bonds is 5. The van der Waals surface area contributed by atoms with Crippen LogP contribution in [-0.2, 0) is 11.3 Å². The van der Waals surface area contributed by atoms with Gasteiger partial charge in [-0.25, -0.2) is 9.37 Å². The highest BCUT2D eigenvalue weighted by molar-refractivity contribution is 7.99. The fourth-order valence-corrected chi connectivity index (χ4v) is 3.76. The molecular weight excluding hydrogens is 365 g/mol. The number of thioether (sulfide) groups is 1. The molecule has 0 fully saturated rings. The number of carbonyl (C=O) groups is 1. The molecule has 7 heteroatoms. The Morgan fingerprint density at radius 1 is 1.30 bits per heavy atom. The third-order valence-corrected chi connectivity index (χ3v) is 5.20. The van der Waals surface area contributed by atoms with Crippen LogP contribution < -0.4 is 10.1 Å². The van der Waals surface area contributed by atoms with Crippen LogP contribution in [0, 0.1) is 5.82 Å². The molecular formula is C20H18FN3O2S. The summed E-state index contributed by atoms with van der Waals surface area (Å²) < 4.78 is 20.7. The topological polar surface area (TPSA) is 56.1 Å². The molecule has 27 heavy (non-hydrogen) atoms. The van der Waals surface area contributed by atoms with E-state index in [9.17, 15) is 9.18 Å². The van der Waals surface area contributed by atoms with Crippen LogP contribution in [0.25, 0.3) is 11.3 Å². The number of amides is 1. The average molecular weight is 383 g/mol. The zero-order valence-electron chi connectivity index (χ0n) is 14.7. The summed E-state index contributed by atoms with van der Waals surface area (Å²) in [6, 6.07) is 13.2. The predicted octanol–water partition coefficient (Wildman–Crippen LogP) is 4.20. The van der Waals surface area contributed by atoms with Gasteiger partial charge < -0.3 is 14.6 Å². The number of hydrogen-bond acceptors (Lipinski definition) is 4. The zero-order valence-corrected chi connectivity index (χ0v) is 15.5. The van der Waals surface area contributed by atoms with E-state index >= 15 is 0 Å². The van der Waals surface area contributed by atoms with Crippen molar-refractivity contribution in [1.82, 2.24) is 9.55 Å². The molecule has 1 aliphatic heterocycles. The third-order valence-electron chi connectivity index (χ3n) is 4.22. The molecule has 1 unspecified atom stereocenters. The molecule has 1 N–H and O–H groups in total. The average Bonchev–Trinajstić information content (AvgIpc) is 3.26. The minimum absolute atomic E-state index is 0.278. The summed E-state index contributed by atoms with van der Waals surface area (Å²) in [7, 11) is 0. The molecule has 138 valence electrons. The lowest BCUT2D eigenvalue weighted by Gasteiger charge is -2.15. The number of hydrogen-bond donors (Lipinski definition) is 1. The maximum Gasteiger partial charge on any atom is 0.265 e. The van der Waals surface area contributed by atoms with Crippen molar-refractivity contribution in [3.8, 4) is 17.0 Å². The Morgan fingerprint density at radius 2 is 2.11 bits per heavy atom. The number of aryl methyl sites for hydroxylation is 1. The van der Waals surface area contributed by atoms with Gasteiger partial charge in [0.25, 0.3) is 5.91 Å². The molecule has 2 heterocycles. The molecule has 1 atom stereocenters. The lowest BCUT2D eigenvalue weighted by Crippen LogP contribution is -2.30. The first kappa shape index (κ1) is 17.6. The molecule has 0 aliphatic carbocycles. The van der Waals surface area contributed by atoms with Crippen molar-refractivity contribution >= 4 is 23.4 Å². The Morgan fingerprint density at radius 3 is 2.89 bits per heavy atom. The maximum atomic E-state index is 13.0. The molecule has 3 aromatic rings. The summed E-state index contributed by atoms with van der Waals surface area (Å²) in [5.74, 6) is 0.877. The van der Waals surface area contributed by atoms with Gasteiger partial charge in [-0.1, -0.05) is 23.9 Å². The summed E-state index contributed by atoms with van der Waals surface area (Å²) in [6.07, 6.45) is 1.32. The van der Waals surface area contributed by atoms with Gasteiger partial charge in [-0.3, -0.25) is 4.79 Å². The van der Waals surface area contributed by atoms with Crippen LogP contribution in [-0.4, -0.2) is 27.3 Å². The van der Waals surface area contributed by atoms with Crippen LogP contribution in [0.3, 0.4) is 0 Å². The molecule has 1 aromatic heterocycles. The van der Waals surface area contributed by atoms with E-state index in [0.29, 0.717) is 11.4 Å². The summed E-state index contributed by atoms with van der Waals surface area (Å²) >= 11 is 1.75. The Hall–Kier alpha value is -2.80. The lowest BCUT2D eigenvalue weighted by molar-refractivity contribution is -0.122. The summed E-state index contributed by atoms with van der Waals surface area (Å²) in [5.41, 5.74) is 2.51. The molecule has 2 aromatic carbocycles. The van der Waals surface area contributed by atoms with Crippen LogP contribution >= 0.6 is 11.8 Å². The minimum Gasteiger partial charge on any atom is -0.481 e. The first-order valence-electron chi connectivity index (χ1n) is 8.62. The molecule has 0 radical (unpaired) electrons. The van der Waals surface area contributed by atoms with Crippen LogP contribution in [0.5, 0.6) is 5.75 Å². The molecule has 5 nitrogen and oxygen atoms in total. The number of benzene rings is 2. The Kier molecular flexibility index (Phi) is 4.85. The number of nitrogens with zero attached hydrogens (tertiary/aromatic N) is 2. The first-order valence-corrected chi connectivity index (χ1v) is 9.60. The smallest absolute Gasteiger partial charge is 0.265 e. The van der Waals surface area contributed by atoms with E-state index in [1.54, 1.807) is 18.7 Å². The third kappa shape index (κ3) is 3.98. The molecule has 0 saturated heterocycles. The van der Waals surface area contributed by atoms with E-state index in [-0.39, 0.29) is 11.7 Å². The number of carbonyl (C=O) groups excluding carboxylic acids is 1. The largest absolute Gasteiger partial charge is 0.481 e. The van der Waals surface area contributed by atoms with E-state index in [1.807, 2.05) is 30.5 Å². The van der Waals surface area contributed by atoms with Crippen molar-refractivity contribution in [3.05, 3.63) is 60.5 Å². The van der Waals surface area contributed by atoms with Gasteiger partial charge in [0.1, 0.15) is 11.6 Å². The quantitative estimate of drug-likeness (QED) is 0.717. The van der Waals surface area contributed by atoms with Crippen molar-refractivity contribution in [3.63, 3.8) is 0 Å². The monoisotopic (exact) mass is 383 g/mol. The Labute approximate surface area is 160 Å². The molecule has 1 aliphatic rings. The zero-order chi connectivity index (χ0) is 18.8. The fraction of sp³-hybridized carbons (Fsp3) is 0.200. The van der Waals surface area contributed by atoms with Gasteiger partial charge in [-0.15, -0.1) is 0 Å². The molecule has 0 bridgehead atoms. The van der Waals surface area contributed by atoms with Gasteiger partial charge in [-0.05, 0) is 43.3 Å². The number of imidazole rings is 1. The number of aromatic nitrogens is 2. The predicted molar refractivity (Wildman–Crippen MR) is 104 cm³/mol. The molecule has 4 rings (SSSR count). The van der Waals surface area contributed by atoms with Crippen molar-refractivity contribution in [2.75, 3.05) is 11.1 Å². The minimum atomic E-state index is -0.716. The van der Waals surface area contributed by atoms with Crippen molar-refractivity contribution in [2.24, 2.45) is 0 Å². The number of fused-ring (bicyclic) bond motifs is 1. The number of nitrogens with one attached hydrogen (secondary N) is 1. The lowest BCUT2D eigenvalue weighted by atomic mass is 10.1. The highest BCUT2D eigenvalue weighted by Crippen LogP contribution is 2.30. The molecule has 0 spiro atoms. The summed E-state index contributed by atoms with van der Waals surface area (Å²) in [5, 5.41) is 3.88. The van der Waals surface area contributed by atoms with E-state index < -0.39 is 6.10 Å². The second kappa shape index (κ2) is 7.44. The number of halogens is 1. The van der Waals surface area contributed by atoms with E-state index in [0.717, 1.165) is 28.7 Å². The van der Waals surface area contributed by atoms with Crippen LogP contribution in [0.1, 0.15) is 6.92 Å². The normalized spacial score (nSPS) is 13.9. The van der Waals surface area contributed by atoms with Gasteiger partial charge in [-0.2, -0.15) is 0 Å². The van der Waals surface area contributed by atoms with Gasteiger partial charge >= 0.3 is 0 Å². The first-order chi connectivity index (χ1) is 13.1. The van der Waals surface area contributed by atoms with Crippen molar-refractivity contribution < 1.29 is 13.9 Å². The van der Waals surface area contributed by atoms with E-state index in [2.05, 4.69) is 14.9 Å². The van der Waals surface area contributed by atoms with Crippen molar-refractivity contribution in [1.29, 1.82) is 0 Å². The highest BCUT2D eigenvalue weighted by Gasteiger charge is 2.17. The van der Waals surface area contributed by atoms with Gasteiger partial charge in [0, 0.05) is 29.7 Å². The molecule has 0 saturated carbocycles. The Bertz CT molecular complexity index is 950. The maximum absolute atomic E-state index is 13.0. The van der Waals surface area contributed by atoms with Gasteiger partial charge in [0.2, 0.25) is 0 Å². The SMILES string of the molecule is CC(Oc1ccc(F)cc1)C(=O)Nc1cccc(-c2cn3c(n2)SCC3)c1. The van der Waals surface area contributed by atoms with Crippen LogP contribution in [0.15, 0.2) is 59.9 Å². The standard InChI is InChI=1S/C20H18FN3O2S/c1-13(26-17-7-5-15(21)6-8-17)19(25)22-16-4-2-3-14(11-16)18-12-24-9-10-27-20(24)23-18/h2-8,11-13H,9-10H2,1H3,(H,22,25). The van der Waals surface area contributed by atoms with Gasteiger partial charge in [0.15, 0.2) is 11.3 Å². The number of anilines is 1. The summed E-state index contributed by atoms with van der Waals surface area (Å²) in [6.45, 7) is 2.63. The summed E-state index contributed by atoms with van der Waals surface area (Å²) in [4.78, 5) is 17.0. The second-order valence-electron chi connectivity index (χ2n) is 6.23. The second-order valence-corrected chi connectivity index (χ2v) is 7.30. The number of ether oxygens (including phenoxy) is 1. The van der Waals surface area contributed by atoms with E-state index in [1.165, 1.54) is 24.3 Å². The van der Waals surface area contributed by atoms with Crippen LogP contribution in [0.4, 0.5) is 10.1 Å².